The van der Waals surface area contributed by atoms with Crippen molar-refractivity contribution in [1.29, 1.82) is 0 Å². The van der Waals surface area contributed by atoms with E-state index in [0.29, 0.717) is 12.6 Å². The van der Waals surface area contributed by atoms with Gasteiger partial charge in [-0.15, -0.1) is 0 Å². The SMILES string of the molecule is O=C(CN1CCN(C2CCOC2)CC1)Nc1cccc(I)c1. The smallest absolute Gasteiger partial charge is 0.238 e. The summed E-state index contributed by atoms with van der Waals surface area (Å²) >= 11 is 2.25. The molecule has 1 unspecified atom stereocenters. The van der Waals surface area contributed by atoms with E-state index in [9.17, 15) is 4.79 Å². The van der Waals surface area contributed by atoms with Gasteiger partial charge in [-0.05, 0) is 47.2 Å². The minimum Gasteiger partial charge on any atom is -0.380 e. The summed E-state index contributed by atoms with van der Waals surface area (Å²) in [6, 6.07) is 8.47. The number of hydrogen-bond donors (Lipinski definition) is 1. The maximum atomic E-state index is 12.1. The average molecular weight is 415 g/mol. The van der Waals surface area contributed by atoms with Crippen LogP contribution in [0.15, 0.2) is 24.3 Å². The molecule has 2 heterocycles. The molecule has 22 heavy (non-hydrogen) atoms. The van der Waals surface area contributed by atoms with Gasteiger partial charge in [0.05, 0.1) is 13.2 Å². The first-order chi connectivity index (χ1) is 10.7. The zero-order valence-electron chi connectivity index (χ0n) is 12.6. The van der Waals surface area contributed by atoms with Crippen molar-refractivity contribution < 1.29 is 9.53 Å². The van der Waals surface area contributed by atoms with Crippen LogP contribution in [0, 0.1) is 3.57 Å². The molecule has 3 rings (SSSR count). The molecule has 1 aromatic rings. The third-order valence-corrected chi connectivity index (χ3v) is 4.98. The van der Waals surface area contributed by atoms with Crippen molar-refractivity contribution >= 4 is 34.2 Å². The van der Waals surface area contributed by atoms with Crippen LogP contribution >= 0.6 is 22.6 Å². The predicted molar refractivity (Wildman–Crippen MR) is 95.0 cm³/mol. The fourth-order valence-corrected chi connectivity index (χ4v) is 3.61. The van der Waals surface area contributed by atoms with Crippen molar-refractivity contribution in [3.05, 3.63) is 27.8 Å². The molecule has 1 amide bonds. The molecule has 1 aromatic carbocycles. The van der Waals surface area contributed by atoms with Crippen LogP contribution < -0.4 is 5.32 Å². The highest BCUT2D eigenvalue weighted by atomic mass is 127. The molecule has 6 heteroatoms. The molecule has 0 radical (unpaired) electrons. The second-order valence-electron chi connectivity index (χ2n) is 5.89. The molecule has 2 aliphatic heterocycles. The molecule has 0 aromatic heterocycles. The van der Waals surface area contributed by atoms with E-state index in [-0.39, 0.29) is 5.91 Å². The second-order valence-corrected chi connectivity index (χ2v) is 7.13. The number of amides is 1. The monoisotopic (exact) mass is 415 g/mol. The molecule has 1 N–H and O–H groups in total. The van der Waals surface area contributed by atoms with Crippen molar-refractivity contribution in [1.82, 2.24) is 9.80 Å². The number of anilines is 1. The minimum atomic E-state index is 0.0691. The van der Waals surface area contributed by atoms with E-state index in [1.807, 2.05) is 24.3 Å². The van der Waals surface area contributed by atoms with Crippen molar-refractivity contribution in [2.45, 2.75) is 12.5 Å². The lowest BCUT2D eigenvalue weighted by molar-refractivity contribution is -0.117. The fraction of sp³-hybridized carbons (Fsp3) is 0.562. The highest BCUT2D eigenvalue weighted by molar-refractivity contribution is 14.1. The molecular formula is C16H22IN3O2. The maximum absolute atomic E-state index is 12.1. The Hall–Kier alpha value is -0.700. The molecular weight excluding hydrogens is 393 g/mol. The van der Waals surface area contributed by atoms with Gasteiger partial charge >= 0.3 is 0 Å². The fourth-order valence-electron chi connectivity index (χ4n) is 3.07. The lowest BCUT2D eigenvalue weighted by atomic mass is 10.2. The summed E-state index contributed by atoms with van der Waals surface area (Å²) in [4.78, 5) is 16.9. The Bertz CT molecular complexity index is 512. The van der Waals surface area contributed by atoms with Gasteiger partial charge in [-0.2, -0.15) is 0 Å². The van der Waals surface area contributed by atoms with Crippen molar-refractivity contribution in [3.63, 3.8) is 0 Å². The van der Waals surface area contributed by atoms with Crippen LogP contribution in [-0.4, -0.2) is 67.7 Å². The van der Waals surface area contributed by atoms with Gasteiger partial charge in [0.25, 0.3) is 0 Å². The van der Waals surface area contributed by atoms with Crippen LogP contribution in [-0.2, 0) is 9.53 Å². The highest BCUT2D eigenvalue weighted by Crippen LogP contribution is 2.15. The van der Waals surface area contributed by atoms with E-state index in [1.54, 1.807) is 0 Å². The Morgan fingerprint density at radius 3 is 2.82 bits per heavy atom. The van der Waals surface area contributed by atoms with Gasteiger partial charge in [-0.3, -0.25) is 14.6 Å². The number of ether oxygens (including phenoxy) is 1. The quantitative estimate of drug-likeness (QED) is 0.760. The number of hydrogen-bond acceptors (Lipinski definition) is 4. The second kappa shape index (κ2) is 7.72. The number of nitrogens with zero attached hydrogens (tertiary/aromatic N) is 2. The van der Waals surface area contributed by atoms with E-state index in [2.05, 4.69) is 37.7 Å². The topological polar surface area (TPSA) is 44.8 Å². The van der Waals surface area contributed by atoms with Crippen molar-refractivity contribution in [3.8, 4) is 0 Å². The molecule has 2 aliphatic rings. The molecule has 0 saturated carbocycles. The van der Waals surface area contributed by atoms with E-state index in [0.717, 1.165) is 55.1 Å². The van der Waals surface area contributed by atoms with Crippen LogP contribution in [0.25, 0.3) is 0 Å². The predicted octanol–water partition coefficient (Wildman–Crippen LogP) is 1.64. The van der Waals surface area contributed by atoms with E-state index in [4.69, 9.17) is 4.74 Å². The summed E-state index contributed by atoms with van der Waals surface area (Å²) in [5.41, 5.74) is 0.874. The number of halogens is 1. The number of nitrogens with one attached hydrogen (secondary N) is 1. The first kappa shape index (κ1) is 16.2. The molecule has 1 atom stereocenters. The number of carbonyl (C=O) groups is 1. The average Bonchev–Trinajstić information content (AvgIpc) is 3.02. The van der Waals surface area contributed by atoms with Crippen LogP contribution in [0.3, 0.4) is 0 Å². The molecule has 0 bridgehead atoms. The van der Waals surface area contributed by atoms with Gasteiger partial charge in [0.2, 0.25) is 5.91 Å². The third kappa shape index (κ3) is 4.41. The number of piperazine rings is 1. The zero-order chi connectivity index (χ0) is 15.4. The van der Waals surface area contributed by atoms with E-state index < -0.39 is 0 Å². The van der Waals surface area contributed by atoms with Gasteiger partial charge in [0, 0.05) is 48.1 Å². The summed E-state index contributed by atoms with van der Waals surface area (Å²) in [5, 5.41) is 2.98. The highest BCUT2D eigenvalue weighted by Gasteiger charge is 2.27. The van der Waals surface area contributed by atoms with Crippen LogP contribution in [0.2, 0.25) is 0 Å². The van der Waals surface area contributed by atoms with E-state index >= 15 is 0 Å². The Morgan fingerprint density at radius 2 is 2.14 bits per heavy atom. The van der Waals surface area contributed by atoms with Crippen LogP contribution in [0.1, 0.15) is 6.42 Å². The largest absolute Gasteiger partial charge is 0.380 e. The van der Waals surface area contributed by atoms with Gasteiger partial charge in [-0.25, -0.2) is 0 Å². The standard InChI is InChI=1S/C16H22IN3O2/c17-13-2-1-3-14(10-13)18-16(21)11-19-5-7-20(8-6-19)15-4-9-22-12-15/h1-3,10,15H,4-9,11-12H2,(H,18,21). The molecule has 0 spiro atoms. The molecule has 0 aliphatic carbocycles. The van der Waals surface area contributed by atoms with E-state index in [1.165, 1.54) is 0 Å². The normalized spacial score (nSPS) is 23.6. The first-order valence-electron chi connectivity index (χ1n) is 7.80. The lowest BCUT2D eigenvalue weighted by Crippen LogP contribution is -2.52. The van der Waals surface area contributed by atoms with Gasteiger partial charge in [0.1, 0.15) is 0 Å². The molecule has 5 nitrogen and oxygen atoms in total. The summed E-state index contributed by atoms with van der Waals surface area (Å²) in [6.45, 7) is 6.21. The number of rotatable bonds is 4. The summed E-state index contributed by atoms with van der Waals surface area (Å²) in [7, 11) is 0. The number of carbonyl (C=O) groups excluding carboxylic acids is 1. The summed E-state index contributed by atoms with van der Waals surface area (Å²) in [6.07, 6.45) is 1.15. The third-order valence-electron chi connectivity index (χ3n) is 4.30. The zero-order valence-corrected chi connectivity index (χ0v) is 14.8. The Labute approximate surface area is 145 Å². The maximum Gasteiger partial charge on any atom is 0.238 e. The number of benzene rings is 1. The summed E-state index contributed by atoms with van der Waals surface area (Å²) in [5.74, 6) is 0.0691. The van der Waals surface area contributed by atoms with Crippen molar-refractivity contribution in [2.24, 2.45) is 0 Å². The van der Waals surface area contributed by atoms with Crippen molar-refractivity contribution in [2.75, 3.05) is 51.3 Å². The van der Waals surface area contributed by atoms with Gasteiger partial charge in [-0.1, -0.05) is 6.07 Å². The lowest BCUT2D eigenvalue weighted by Gasteiger charge is -2.37. The Morgan fingerprint density at radius 1 is 1.32 bits per heavy atom. The van der Waals surface area contributed by atoms with Crippen LogP contribution in [0.4, 0.5) is 5.69 Å². The Balaban J connectivity index is 1.43. The van der Waals surface area contributed by atoms with Gasteiger partial charge < -0.3 is 10.1 Å². The molecule has 2 fully saturated rings. The molecule has 120 valence electrons. The molecule has 2 saturated heterocycles. The minimum absolute atomic E-state index is 0.0691. The Kier molecular flexibility index (Phi) is 5.67. The van der Waals surface area contributed by atoms with Gasteiger partial charge in [0.15, 0.2) is 0 Å². The van der Waals surface area contributed by atoms with Crippen LogP contribution in [0.5, 0.6) is 0 Å². The summed E-state index contributed by atoms with van der Waals surface area (Å²) < 4.78 is 6.59. The first-order valence-corrected chi connectivity index (χ1v) is 8.88.